The zero-order valence-electron chi connectivity index (χ0n) is 12.5. The van der Waals surface area contributed by atoms with Crippen LogP contribution in [0, 0.1) is 6.92 Å². The molecule has 4 nitrogen and oxygen atoms in total. The lowest BCUT2D eigenvalue weighted by Crippen LogP contribution is -2.05. The zero-order chi connectivity index (χ0) is 15.5. The molecule has 3 aromatic rings. The maximum atomic E-state index is 6.07. The van der Waals surface area contributed by atoms with E-state index in [0.717, 1.165) is 34.5 Å². The van der Waals surface area contributed by atoms with Crippen LogP contribution in [0.25, 0.3) is 10.9 Å². The summed E-state index contributed by atoms with van der Waals surface area (Å²) in [4.78, 5) is 9.16. The Bertz CT molecular complexity index is 817. The number of aromatic nitrogens is 2. The van der Waals surface area contributed by atoms with E-state index in [4.69, 9.17) is 11.6 Å². The van der Waals surface area contributed by atoms with Crippen LogP contribution >= 0.6 is 11.6 Å². The molecule has 0 atom stereocenters. The quantitative estimate of drug-likeness (QED) is 0.728. The van der Waals surface area contributed by atoms with Gasteiger partial charge in [-0.25, -0.2) is 4.98 Å². The van der Waals surface area contributed by atoms with Crippen LogP contribution in [0.1, 0.15) is 12.5 Å². The molecule has 2 N–H and O–H groups in total. The summed E-state index contributed by atoms with van der Waals surface area (Å²) in [7, 11) is 0. The first kappa shape index (κ1) is 14.6. The predicted octanol–water partition coefficient (Wildman–Crippen LogP) is 4.77. The molecule has 0 radical (unpaired) electrons. The van der Waals surface area contributed by atoms with Crippen molar-refractivity contribution < 1.29 is 0 Å². The van der Waals surface area contributed by atoms with Gasteiger partial charge < -0.3 is 10.6 Å². The number of para-hydroxylation sites is 1. The molecule has 2 aromatic carbocycles. The van der Waals surface area contributed by atoms with Crippen molar-refractivity contribution in [3.63, 3.8) is 0 Å². The Labute approximate surface area is 134 Å². The SMILES string of the molecule is CCNc1nc(Nc2cc(Cl)ccc2C)nc2ccccc12. The molecule has 0 unspecified atom stereocenters. The summed E-state index contributed by atoms with van der Waals surface area (Å²) in [6, 6.07) is 13.7. The molecule has 22 heavy (non-hydrogen) atoms. The molecule has 0 amide bonds. The minimum Gasteiger partial charge on any atom is -0.370 e. The van der Waals surface area contributed by atoms with E-state index in [1.165, 1.54) is 0 Å². The lowest BCUT2D eigenvalue weighted by atomic mass is 10.2. The van der Waals surface area contributed by atoms with Crippen molar-refractivity contribution in [2.24, 2.45) is 0 Å². The number of anilines is 3. The minimum atomic E-state index is 0.556. The van der Waals surface area contributed by atoms with E-state index in [1.54, 1.807) is 0 Å². The maximum absolute atomic E-state index is 6.07. The van der Waals surface area contributed by atoms with Crippen LogP contribution in [0.15, 0.2) is 42.5 Å². The number of nitrogens with one attached hydrogen (secondary N) is 2. The van der Waals surface area contributed by atoms with E-state index in [1.807, 2.05) is 56.3 Å². The van der Waals surface area contributed by atoms with Crippen LogP contribution in [0.2, 0.25) is 5.02 Å². The summed E-state index contributed by atoms with van der Waals surface area (Å²) in [5.74, 6) is 1.38. The number of aryl methyl sites for hydroxylation is 1. The van der Waals surface area contributed by atoms with Crippen molar-refractivity contribution >= 4 is 40.0 Å². The lowest BCUT2D eigenvalue weighted by molar-refractivity contribution is 1.14. The standard InChI is InChI=1S/C17H17ClN4/c1-3-19-16-13-6-4-5-7-14(13)20-17(22-16)21-15-10-12(18)9-8-11(15)2/h4-10H,3H2,1-2H3,(H2,19,20,21,22). The Morgan fingerprint density at radius 2 is 1.91 bits per heavy atom. The smallest absolute Gasteiger partial charge is 0.229 e. The van der Waals surface area contributed by atoms with Crippen molar-refractivity contribution in [1.29, 1.82) is 0 Å². The number of benzene rings is 2. The van der Waals surface area contributed by atoms with Gasteiger partial charge in [-0.1, -0.05) is 29.8 Å². The molecular weight excluding hydrogens is 296 g/mol. The minimum absolute atomic E-state index is 0.556. The Kier molecular flexibility index (Phi) is 4.11. The Balaban J connectivity index is 2.05. The zero-order valence-corrected chi connectivity index (χ0v) is 13.3. The number of halogens is 1. The van der Waals surface area contributed by atoms with Gasteiger partial charge in [-0.2, -0.15) is 4.98 Å². The molecule has 1 aromatic heterocycles. The van der Waals surface area contributed by atoms with Crippen molar-refractivity contribution in [2.75, 3.05) is 17.2 Å². The van der Waals surface area contributed by atoms with Crippen molar-refractivity contribution in [2.45, 2.75) is 13.8 Å². The normalized spacial score (nSPS) is 10.7. The molecule has 0 aliphatic heterocycles. The highest BCUT2D eigenvalue weighted by Crippen LogP contribution is 2.26. The number of nitrogens with zero attached hydrogens (tertiary/aromatic N) is 2. The first-order valence-electron chi connectivity index (χ1n) is 7.21. The van der Waals surface area contributed by atoms with Gasteiger partial charge in [-0.15, -0.1) is 0 Å². The summed E-state index contributed by atoms with van der Waals surface area (Å²) >= 11 is 6.07. The van der Waals surface area contributed by atoms with Crippen molar-refractivity contribution in [3.05, 3.63) is 53.1 Å². The highest BCUT2D eigenvalue weighted by Gasteiger charge is 2.08. The second kappa shape index (κ2) is 6.20. The molecule has 0 aliphatic carbocycles. The van der Waals surface area contributed by atoms with Crippen LogP contribution in [0.4, 0.5) is 17.5 Å². The number of hydrogen-bond donors (Lipinski definition) is 2. The van der Waals surface area contributed by atoms with Crippen LogP contribution in [0.3, 0.4) is 0 Å². The molecule has 112 valence electrons. The van der Waals surface area contributed by atoms with E-state index in [2.05, 4.69) is 20.6 Å². The molecule has 0 bridgehead atoms. The summed E-state index contributed by atoms with van der Waals surface area (Å²) in [6.45, 7) is 4.87. The third-order valence-electron chi connectivity index (χ3n) is 3.39. The molecule has 5 heteroatoms. The molecule has 0 fully saturated rings. The Morgan fingerprint density at radius 1 is 1.09 bits per heavy atom. The molecule has 1 heterocycles. The molecular formula is C17H17ClN4. The molecule has 3 rings (SSSR count). The van der Waals surface area contributed by atoms with Gasteiger partial charge >= 0.3 is 0 Å². The highest BCUT2D eigenvalue weighted by molar-refractivity contribution is 6.30. The first-order chi connectivity index (χ1) is 10.7. The van der Waals surface area contributed by atoms with Crippen LogP contribution < -0.4 is 10.6 Å². The van der Waals surface area contributed by atoms with Gasteiger partial charge in [0, 0.05) is 22.6 Å². The average Bonchev–Trinajstić information content (AvgIpc) is 2.51. The van der Waals surface area contributed by atoms with Crippen molar-refractivity contribution in [1.82, 2.24) is 9.97 Å². The van der Waals surface area contributed by atoms with Crippen LogP contribution in [-0.4, -0.2) is 16.5 Å². The third kappa shape index (κ3) is 2.97. The van der Waals surface area contributed by atoms with Crippen molar-refractivity contribution in [3.8, 4) is 0 Å². The van der Waals surface area contributed by atoms with E-state index < -0.39 is 0 Å². The second-order valence-electron chi connectivity index (χ2n) is 5.03. The fourth-order valence-electron chi connectivity index (χ4n) is 2.28. The summed E-state index contributed by atoms with van der Waals surface area (Å²) in [5.41, 5.74) is 2.90. The van der Waals surface area contributed by atoms with E-state index in [-0.39, 0.29) is 0 Å². The average molecular weight is 313 g/mol. The van der Waals surface area contributed by atoms with Gasteiger partial charge in [0.15, 0.2) is 0 Å². The van der Waals surface area contributed by atoms with Gasteiger partial charge in [0.1, 0.15) is 5.82 Å². The fraction of sp³-hybridized carbons (Fsp3) is 0.176. The fourth-order valence-corrected chi connectivity index (χ4v) is 2.46. The van der Waals surface area contributed by atoms with Gasteiger partial charge in [0.05, 0.1) is 5.52 Å². The second-order valence-corrected chi connectivity index (χ2v) is 5.46. The molecule has 0 saturated carbocycles. The van der Waals surface area contributed by atoms with E-state index in [0.29, 0.717) is 11.0 Å². The number of hydrogen-bond acceptors (Lipinski definition) is 4. The highest BCUT2D eigenvalue weighted by atomic mass is 35.5. The molecule has 0 aliphatic rings. The summed E-state index contributed by atoms with van der Waals surface area (Å²) in [5, 5.41) is 8.24. The summed E-state index contributed by atoms with van der Waals surface area (Å²) < 4.78 is 0. The first-order valence-corrected chi connectivity index (χ1v) is 7.59. The molecule has 0 saturated heterocycles. The predicted molar refractivity (Wildman–Crippen MR) is 93.2 cm³/mol. The Morgan fingerprint density at radius 3 is 2.73 bits per heavy atom. The number of rotatable bonds is 4. The topological polar surface area (TPSA) is 49.8 Å². The van der Waals surface area contributed by atoms with Crippen LogP contribution in [0.5, 0.6) is 0 Å². The van der Waals surface area contributed by atoms with E-state index in [9.17, 15) is 0 Å². The Hall–Kier alpha value is -2.33. The van der Waals surface area contributed by atoms with E-state index >= 15 is 0 Å². The van der Waals surface area contributed by atoms with Gasteiger partial charge in [-0.3, -0.25) is 0 Å². The van der Waals surface area contributed by atoms with Crippen LogP contribution in [-0.2, 0) is 0 Å². The maximum Gasteiger partial charge on any atom is 0.229 e. The molecule has 0 spiro atoms. The third-order valence-corrected chi connectivity index (χ3v) is 3.63. The van der Waals surface area contributed by atoms with Gasteiger partial charge in [0.2, 0.25) is 5.95 Å². The largest absolute Gasteiger partial charge is 0.370 e. The lowest BCUT2D eigenvalue weighted by Gasteiger charge is -2.12. The summed E-state index contributed by atoms with van der Waals surface area (Å²) in [6.07, 6.45) is 0. The van der Waals surface area contributed by atoms with Gasteiger partial charge in [0.25, 0.3) is 0 Å². The number of fused-ring (bicyclic) bond motifs is 1. The van der Waals surface area contributed by atoms with Gasteiger partial charge in [-0.05, 0) is 43.7 Å². The monoisotopic (exact) mass is 312 g/mol.